The van der Waals surface area contributed by atoms with Crippen LogP contribution in [0.2, 0.25) is 0 Å². The second-order valence-corrected chi connectivity index (χ2v) is 6.45. The van der Waals surface area contributed by atoms with E-state index in [0.29, 0.717) is 0 Å². The highest BCUT2D eigenvalue weighted by atomic mass is 32.9. The lowest BCUT2D eigenvalue weighted by Crippen LogP contribution is -2.21. The van der Waals surface area contributed by atoms with Gasteiger partial charge in [-0.1, -0.05) is 20.7 Å². The van der Waals surface area contributed by atoms with Crippen LogP contribution in [0.3, 0.4) is 0 Å². The molecule has 130 valence electrons. The number of methoxy groups -OCH3 is 1. The number of esters is 1. The summed E-state index contributed by atoms with van der Waals surface area (Å²) in [7, 11) is 2.82. The first-order valence-electron chi connectivity index (χ1n) is 6.34. The minimum absolute atomic E-state index is 0.110. The summed E-state index contributed by atoms with van der Waals surface area (Å²) in [6, 6.07) is 5.07. The van der Waals surface area contributed by atoms with Gasteiger partial charge in [0.25, 0.3) is 5.69 Å². The molecule has 0 aliphatic heterocycles. The average molecular weight is 383 g/mol. The Labute approximate surface area is 146 Å². The van der Waals surface area contributed by atoms with Crippen molar-refractivity contribution in [2.45, 2.75) is 0 Å². The third-order valence-corrected chi connectivity index (χ3v) is 5.05. The predicted molar refractivity (Wildman–Crippen MR) is 89.6 cm³/mol. The molecular formula is C12H9N5O6S2. The highest BCUT2D eigenvalue weighted by Gasteiger charge is 2.29. The molecule has 13 heteroatoms. The van der Waals surface area contributed by atoms with Gasteiger partial charge in [0.15, 0.2) is 4.88 Å². The molecule has 11 nitrogen and oxygen atoms in total. The summed E-state index contributed by atoms with van der Waals surface area (Å²) < 4.78 is 4.37. The van der Waals surface area contributed by atoms with Crippen LogP contribution < -0.4 is 10.1 Å². The SMILES string of the molecule is COC(=O)c1c(/C(=N/Nc2ccc([N+](=O)[O-])cc2)[N+](=O)[O-])ssc1=N. The van der Waals surface area contributed by atoms with Gasteiger partial charge in [0.2, 0.25) is 0 Å². The quantitative estimate of drug-likeness (QED) is 0.199. The van der Waals surface area contributed by atoms with E-state index < -0.39 is 21.7 Å². The Bertz CT molecular complexity index is 917. The molecule has 1 aromatic heterocycles. The molecule has 0 fully saturated rings. The number of amidine groups is 1. The summed E-state index contributed by atoms with van der Waals surface area (Å²) in [5.74, 6) is -1.54. The molecule has 0 spiro atoms. The van der Waals surface area contributed by atoms with Crippen molar-refractivity contribution in [2.24, 2.45) is 5.10 Å². The summed E-state index contributed by atoms with van der Waals surface area (Å²) in [5.41, 5.74) is 2.30. The summed E-state index contributed by atoms with van der Waals surface area (Å²) >= 11 is 0. The second-order valence-electron chi connectivity index (χ2n) is 4.30. The number of non-ortho nitro benzene ring substituents is 1. The minimum Gasteiger partial charge on any atom is -0.465 e. The largest absolute Gasteiger partial charge is 0.465 e. The van der Waals surface area contributed by atoms with E-state index in [9.17, 15) is 25.0 Å². The maximum atomic E-state index is 11.7. The number of hydrogen-bond acceptors (Lipinski definition) is 11. The molecule has 0 aliphatic carbocycles. The highest BCUT2D eigenvalue weighted by molar-refractivity contribution is 7.69. The van der Waals surface area contributed by atoms with Gasteiger partial charge in [-0.05, 0) is 17.1 Å². The molecule has 2 N–H and O–H groups in total. The lowest BCUT2D eigenvalue weighted by molar-refractivity contribution is -0.384. The minimum atomic E-state index is -0.873. The van der Waals surface area contributed by atoms with Crippen LogP contribution in [0, 0.1) is 25.6 Å². The van der Waals surface area contributed by atoms with Gasteiger partial charge in [0.05, 0.1) is 22.8 Å². The number of anilines is 1. The number of nitrogens with one attached hydrogen (secondary N) is 2. The lowest BCUT2D eigenvalue weighted by Gasteiger charge is -2.00. The van der Waals surface area contributed by atoms with Crippen LogP contribution in [0.5, 0.6) is 0 Å². The van der Waals surface area contributed by atoms with Crippen molar-refractivity contribution in [1.82, 2.24) is 0 Å². The van der Waals surface area contributed by atoms with Gasteiger partial charge in [-0.15, -0.1) is 0 Å². The van der Waals surface area contributed by atoms with Crippen LogP contribution in [0.4, 0.5) is 11.4 Å². The van der Waals surface area contributed by atoms with E-state index in [1.807, 2.05) is 0 Å². The number of carbonyl (C=O) groups is 1. The summed E-state index contributed by atoms with van der Waals surface area (Å²) in [6.07, 6.45) is 0. The van der Waals surface area contributed by atoms with Crippen molar-refractivity contribution in [3.63, 3.8) is 0 Å². The van der Waals surface area contributed by atoms with Crippen LogP contribution in [-0.4, -0.2) is 28.8 Å². The van der Waals surface area contributed by atoms with Crippen molar-refractivity contribution in [1.29, 1.82) is 5.41 Å². The number of nitro benzene ring substituents is 1. The Balaban J connectivity index is 2.37. The molecule has 2 aromatic rings. The highest BCUT2D eigenvalue weighted by Crippen LogP contribution is 2.20. The standard InChI is InChI=1S/C12H9N5O6S2/c1-23-12(18)8-9(24-25-10(8)13)11(17(21)22)15-14-6-2-4-7(5-3-6)16(19)20/h2-5,13-14H,1H3/b13-10?,15-11-. The number of hydrazone groups is 1. The van der Waals surface area contributed by atoms with Crippen molar-refractivity contribution in [3.05, 3.63) is 59.6 Å². The smallest absolute Gasteiger partial charge is 0.407 e. The zero-order chi connectivity index (χ0) is 18.6. The fraction of sp³-hybridized carbons (Fsp3) is 0.0833. The summed E-state index contributed by atoms with van der Waals surface area (Å²) in [6.45, 7) is 0. The van der Waals surface area contributed by atoms with Crippen LogP contribution in [0.15, 0.2) is 29.4 Å². The molecule has 0 saturated carbocycles. The number of nitrogens with zero attached hydrogens (tertiary/aromatic N) is 3. The molecular weight excluding hydrogens is 374 g/mol. The van der Waals surface area contributed by atoms with Crippen molar-refractivity contribution in [3.8, 4) is 0 Å². The maximum Gasteiger partial charge on any atom is 0.407 e. The molecule has 0 aliphatic rings. The van der Waals surface area contributed by atoms with E-state index in [2.05, 4.69) is 15.3 Å². The second kappa shape index (κ2) is 7.59. The Morgan fingerprint density at radius 2 is 1.88 bits per heavy atom. The van der Waals surface area contributed by atoms with Crippen LogP contribution >= 0.6 is 20.7 Å². The molecule has 25 heavy (non-hydrogen) atoms. The first kappa shape index (κ1) is 18.2. The first-order valence-corrected chi connectivity index (χ1v) is 8.49. The molecule has 0 amide bonds. The number of nitro groups is 2. The van der Waals surface area contributed by atoms with Gasteiger partial charge in [0, 0.05) is 12.1 Å². The van der Waals surface area contributed by atoms with E-state index >= 15 is 0 Å². The maximum absolute atomic E-state index is 11.7. The molecule has 1 aromatic carbocycles. The van der Waals surface area contributed by atoms with Crippen LogP contribution in [-0.2, 0) is 4.74 Å². The lowest BCUT2D eigenvalue weighted by atomic mass is 10.2. The summed E-state index contributed by atoms with van der Waals surface area (Å²) in [4.78, 5) is 32.1. The Kier molecular flexibility index (Phi) is 5.51. The third-order valence-electron chi connectivity index (χ3n) is 2.80. The molecule has 0 atom stereocenters. The van der Waals surface area contributed by atoms with Gasteiger partial charge >= 0.3 is 11.8 Å². The normalized spacial score (nSPS) is 11.0. The molecule has 1 heterocycles. The number of benzene rings is 1. The van der Waals surface area contributed by atoms with Gasteiger partial charge in [-0.25, -0.2) is 4.79 Å². The molecule has 0 radical (unpaired) electrons. The van der Waals surface area contributed by atoms with Gasteiger partial charge in [-0.2, -0.15) is 5.43 Å². The van der Waals surface area contributed by atoms with Crippen molar-refractivity contribution in [2.75, 3.05) is 12.5 Å². The average Bonchev–Trinajstić information content (AvgIpc) is 2.96. The van der Waals surface area contributed by atoms with E-state index in [1.165, 1.54) is 24.3 Å². The monoisotopic (exact) mass is 383 g/mol. The Hall–Kier alpha value is -3.19. The predicted octanol–water partition coefficient (Wildman–Crippen LogP) is 2.03. The topological polar surface area (TPSA) is 161 Å². The number of hydrogen-bond donors (Lipinski definition) is 2. The van der Waals surface area contributed by atoms with E-state index in [0.717, 1.165) is 27.8 Å². The zero-order valence-corrected chi connectivity index (χ0v) is 14.1. The van der Waals surface area contributed by atoms with Gasteiger partial charge in [-0.3, -0.25) is 15.5 Å². The van der Waals surface area contributed by atoms with Crippen LogP contribution in [0.25, 0.3) is 0 Å². The zero-order valence-electron chi connectivity index (χ0n) is 12.4. The van der Waals surface area contributed by atoms with Crippen molar-refractivity contribution >= 4 is 43.9 Å². The first-order chi connectivity index (χ1) is 11.8. The number of ether oxygens (including phenoxy) is 1. The fourth-order valence-corrected chi connectivity index (χ4v) is 3.84. The Morgan fingerprint density at radius 1 is 1.24 bits per heavy atom. The van der Waals surface area contributed by atoms with E-state index in [-0.39, 0.29) is 26.5 Å². The summed E-state index contributed by atoms with van der Waals surface area (Å²) in [5, 5.41) is 33.2. The number of rotatable bonds is 5. The number of carbonyl (C=O) groups excluding carboxylic acids is 1. The molecule has 0 saturated heterocycles. The molecule has 2 rings (SSSR count). The molecule has 0 bridgehead atoms. The van der Waals surface area contributed by atoms with Gasteiger partial charge < -0.3 is 14.9 Å². The fourth-order valence-electron chi connectivity index (χ4n) is 1.66. The Morgan fingerprint density at radius 3 is 2.40 bits per heavy atom. The van der Waals surface area contributed by atoms with Crippen molar-refractivity contribution < 1.29 is 19.4 Å². The van der Waals surface area contributed by atoms with E-state index in [1.54, 1.807) is 0 Å². The third kappa shape index (κ3) is 4.02. The molecule has 0 unspecified atom stereocenters. The van der Waals surface area contributed by atoms with Crippen LogP contribution in [0.1, 0.15) is 15.2 Å². The van der Waals surface area contributed by atoms with E-state index in [4.69, 9.17) is 5.41 Å². The van der Waals surface area contributed by atoms with Gasteiger partial charge in [0.1, 0.15) is 10.2 Å².